The van der Waals surface area contributed by atoms with Crippen molar-refractivity contribution in [2.45, 2.75) is 33.9 Å². The van der Waals surface area contributed by atoms with E-state index in [2.05, 4.69) is 10.3 Å². The predicted molar refractivity (Wildman–Crippen MR) is 92.1 cm³/mol. The number of anilines is 1. The maximum absolute atomic E-state index is 11.7. The minimum absolute atomic E-state index is 0.335. The highest BCUT2D eigenvalue weighted by atomic mass is 35.5. The van der Waals surface area contributed by atoms with Crippen LogP contribution in [-0.2, 0) is 13.1 Å². The van der Waals surface area contributed by atoms with Crippen LogP contribution in [0.1, 0.15) is 26.3 Å². The van der Waals surface area contributed by atoms with E-state index in [1.54, 1.807) is 19.1 Å². The molecule has 2 N–H and O–H groups in total. The maximum atomic E-state index is 11.7. The van der Waals surface area contributed by atoms with Crippen molar-refractivity contribution < 1.29 is 0 Å². The molecule has 0 radical (unpaired) electrons. The predicted octanol–water partition coefficient (Wildman–Crippen LogP) is 3.50. The van der Waals surface area contributed by atoms with Crippen molar-refractivity contribution in [1.29, 1.82) is 0 Å². The minimum atomic E-state index is -0.434. The van der Waals surface area contributed by atoms with Crippen molar-refractivity contribution in [3.63, 3.8) is 0 Å². The Morgan fingerprint density at radius 3 is 2.36 bits per heavy atom. The van der Waals surface area contributed by atoms with Crippen LogP contribution in [0, 0.1) is 0 Å². The summed E-state index contributed by atoms with van der Waals surface area (Å²) in [4.78, 5) is 25.9. The third-order valence-electron chi connectivity index (χ3n) is 2.80. The Hall–Kier alpha value is -1.72. The molecule has 0 saturated carbocycles. The molecule has 0 amide bonds. The fraction of sp³-hybridized carbons (Fsp3) is 0.333. The molecule has 120 valence electrons. The van der Waals surface area contributed by atoms with E-state index in [1.165, 1.54) is 6.07 Å². The van der Waals surface area contributed by atoms with E-state index in [9.17, 15) is 9.59 Å². The van der Waals surface area contributed by atoms with Crippen LogP contribution in [0.25, 0.3) is 0 Å². The van der Waals surface area contributed by atoms with Gasteiger partial charge in [-0.15, -0.1) is 0 Å². The summed E-state index contributed by atoms with van der Waals surface area (Å²) in [6.45, 7) is 6.49. The van der Waals surface area contributed by atoms with E-state index in [0.717, 1.165) is 10.1 Å². The Bertz CT molecular complexity index is 707. The van der Waals surface area contributed by atoms with Crippen LogP contribution in [-0.4, -0.2) is 9.55 Å². The molecule has 0 aliphatic rings. The van der Waals surface area contributed by atoms with E-state index < -0.39 is 5.69 Å². The Morgan fingerprint density at radius 1 is 1.14 bits per heavy atom. The lowest BCUT2D eigenvalue weighted by Crippen LogP contribution is -2.34. The maximum Gasteiger partial charge on any atom is 0.329 e. The molecule has 0 fully saturated rings. The normalized spacial score (nSPS) is 9.86. The van der Waals surface area contributed by atoms with Gasteiger partial charge in [0, 0.05) is 19.2 Å². The van der Waals surface area contributed by atoms with Gasteiger partial charge < -0.3 is 5.32 Å². The Labute approximate surface area is 138 Å². The third-order valence-corrected chi connectivity index (χ3v) is 3.54. The number of aromatic nitrogens is 2. The number of nitrogens with one attached hydrogen (secondary N) is 2. The second kappa shape index (κ2) is 8.66. The Kier molecular flexibility index (Phi) is 7.21. The van der Waals surface area contributed by atoms with E-state index in [0.29, 0.717) is 29.0 Å². The molecule has 0 atom stereocenters. The quantitative estimate of drug-likeness (QED) is 0.892. The van der Waals surface area contributed by atoms with Crippen LogP contribution in [0.2, 0.25) is 10.0 Å². The van der Waals surface area contributed by atoms with Crippen LogP contribution in [0.3, 0.4) is 0 Å². The molecule has 0 spiro atoms. The molecule has 22 heavy (non-hydrogen) atoms. The van der Waals surface area contributed by atoms with Crippen molar-refractivity contribution in [3.05, 3.63) is 60.7 Å². The smallest absolute Gasteiger partial charge is 0.329 e. The summed E-state index contributed by atoms with van der Waals surface area (Å²) in [5.41, 5.74) is 0.115. The van der Waals surface area contributed by atoms with Gasteiger partial charge in [-0.2, -0.15) is 0 Å². The van der Waals surface area contributed by atoms with Gasteiger partial charge in [-0.05, 0) is 24.6 Å². The largest absolute Gasteiger partial charge is 0.367 e. The molecule has 1 aromatic heterocycles. The van der Waals surface area contributed by atoms with E-state index >= 15 is 0 Å². The molecular weight excluding hydrogens is 325 g/mol. The third kappa shape index (κ3) is 4.64. The average molecular weight is 344 g/mol. The van der Waals surface area contributed by atoms with Gasteiger partial charge in [-0.1, -0.05) is 43.1 Å². The molecule has 0 aliphatic heterocycles. The van der Waals surface area contributed by atoms with Crippen LogP contribution in [0.5, 0.6) is 0 Å². The van der Waals surface area contributed by atoms with Gasteiger partial charge in [-0.3, -0.25) is 14.3 Å². The number of hydrogen-bond donors (Lipinski definition) is 2. The molecule has 0 unspecified atom stereocenters. The molecule has 0 bridgehead atoms. The van der Waals surface area contributed by atoms with Crippen molar-refractivity contribution in [2.24, 2.45) is 0 Å². The molecule has 5 nitrogen and oxygen atoms in total. The van der Waals surface area contributed by atoms with E-state index in [4.69, 9.17) is 23.2 Å². The first kappa shape index (κ1) is 18.3. The number of hydrogen-bond acceptors (Lipinski definition) is 3. The average Bonchev–Trinajstić information content (AvgIpc) is 2.50. The number of benzene rings is 1. The number of halogens is 2. The van der Waals surface area contributed by atoms with Crippen molar-refractivity contribution in [2.75, 3.05) is 5.32 Å². The first-order chi connectivity index (χ1) is 10.5. The summed E-state index contributed by atoms with van der Waals surface area (Å²) in [7, 11) is 0. The molecule has 2 rings (SSSR count). The van der Waals surface area contributed by atoms with Crippen molar-refractivity contribution >= 4 is 29.0 Å². The van der Waals surface area contributed by atoms with Crippen LogP contribution in [0.4, 0.5) is 5.82 Å². The van der Waals surface area contributed by atoms with E-state index in [-0.39, 0.29) is 5.56 Å². The summed E-state index contributed by atoms with van der Waals surface area (Å²) in [5, 5.41) is 3.91. The van der Waals surface area contributed by atoms with Gasteiger partial charge in [0.25, 0.3) is 5.56 Å². The summed E-state index contributed by atoms with van der Waals surface area (Å²) in [5.74, 6) is 0.371. The second-order valence-electron chi connectivity index (χ2n) is 4.17. The lowest BCUT2D eigenvalue weighted by Gasteiger charge is -2.08. The van der Waals surface area contributed by atoms with Gasteiger partial charge >= 0.3 is 5.69 Å². The summed E-state index contributed by atoms with van der Waals surface area (Å²) in [6, 6.07) is 6.58. The first-order valence-corrected chi connectivity index (χ1v) is 7.79. The highest BCUT2D eigenvalue weighted by molar-refractivity contribution is 6.42. The molecular formula is C15H19Cl2N3O2. The van der Waals surface area contributed by atoms with Crippen molar-refractivity contribution in [1.82, 2.24) is 9.55 Å². The van der Waals surface area contributed by atoms with Gasteiger partial charge in [0.1, 0.15) is 5.82 Å². The fourth-order valence-electron chi connectivity index (χ4n) is 1.76. The van der Waals surface area contributed by atoms with Crippen LogP contribution in [0.15, 0.2) is 33.9 Å². The van der Waals surface area contributed by atoms with E-state index in [1.807, 2.05) is 19.9 Å². The molecule has 1 heterocycles. The first-order valence-electron chi connectivity index (χ1n) is 7.03. The zero-order valence-electron chi connectivity index (χ0n) is 12.7. The monoisotopic (exact) mass is 343 g/mol. The SMILES string of the molecule is CC.CCn1c(=O)cc(NCc2ccc(Cl)c(Cl)c2)[nH]c1=O. The van der Waals surface area contributed by atoms with Crippen LogP contribution < -0.4 is 16.6 Å². The molecule has 1 aromatic carbocycles. The summed E-state index contributed by atoms with van der Waals surface area (Å²) in [6.07, 6.45) is 0. The number of rotatable bonds is 4. The highest BCUT2D eigenvalue weighted by Gasteiger charge is 2.03. The summed E-state index contributed by atoms with van der Waals surface area (Å²) < 4.78 is 1.12. The van der Waals surface area contributed by atoms with Gasteiger partial charge in [0.15, 0.2) is 0 Å². The molecule has 2 aromatic rings. The lowest BCUT2D eigenvalue weighted by atomic mass is 10.2. The molecule has 0 saturated heterocycles. The zero-order chi connectivity index (χ0) is 16.7. The highest BCUT2D eigenvalue weighted by Crippen LogP contribution is 2.22. The lowest BCUT2D eigenvalue weighted by molar-refractivity contribution is 0.673. The zero-order valence-corrected chi connectivity index (χ0v) is 14.3. The molecule has 0 aliphatic carbocycles. The topological polar surface area (TPSA) is 66.9 Å². The fourth-order valence-corrected chi connectivity index (χ4v) is 2.08. The number of H-pyrrole nitrogens is 1. The number of nitrogens with zero attached hydrogens (tertiary/aromatic N) is 1. The van der Waals surface area contributed by atoms with Crippen molar-refractivity contribution in [3.8, 4) is 0 Å². The standard InChI is InChI=1S/C13H13Cl2N3O2.C2H6/c1-2-18-12(19)6-11(17-13(18)20)16-7-8-3-4-9(14)10(15)5-8;1-2/h3-6,16H,2,7H2,1H3,(H,17,20);1-2H3. The minimum Gasteiger partial charge on any atom is -0.367 e. The summed E-state index contributed by atoms with van der Waals surface area (Å²) >= 11 is 11.7. The second-order valence-corrected chi connectivity index (χ2v) is 4.99. The van der Waals surface area contributed by atoms with Gasteiger partial charge in [-0.25, -0.2) is 4.79 Å². The van der Waals surface area contributed by atoms with Crippen LogP contribution >= 0.6 is 23.2 Å². The van der Waals surface area contributed by atoms with Gasteiger partial charge in [0.05, 0.1) is 10.0 Å². The van der Waals surface area contributed by atoms with Gasteiger partial charge in [0.2, 0.25) is 0 Å². The Morgan fingerprint density at radius 2 is 1.82 bits per heavy atom. The number of aromatic amines is 1. The Balaban J connectivity index is 0.00000116. The molecule has 7 heteroatoms.